The van der Waals surface area contributed by atoms with Crippen molar-refractivity contribution < 1.29 is 0 Å². The molecule has 1 aromatic carbocycles. The number of piperazine rings is 1. The van der Waals surface area contributed by atoms with Crippen molar-refractivity contribution in [2.45, 2.75) is 51.9 Å². The molecule has 2 aliphatic rings. The van der Waals surface area contributed by atoms with Crippen LogP contribution in [-0.4, -0.2) is 48.1 Å². The second-order valence-corrected chi connectivity index (χ2v) is 6.88. The van der Waals surface area contributed by atoms with E-state index >= 15 is 0 Å². The van der Waals surface area contributed by atoms with Gasteiger partial charge in [-0.2, -0.15) is 0 Å². The fourth-order valence-corrected chi connectivity index (χ4v) is 3.08. The number of hydrogen-bond acceptors (Lipinski definition) is 3. The molecule has 0 amide bonds. The van der Waals surface area contributed by atoms with Crippen LogP contribution in [-0.2, 0) is 13.1 Å². The first-order valence-corrected chi connectivity index (χ1v) is 8.48. The highest BCUT2D eigenvalue weighted by Crippen LogP contribution is 2.19. The first-order chi connectivity index (χ1) is 10.2. The zero-order valence-electron chi connectivity index (χ0n) is 13.5. The smallest absolute Gasteiger partial charge is 0.0234 e. The zero-order chi connectivity index (χ0) is 14.7. The summed E-state index contributed by atoms with van der Waals surface area (Å²) in [5, 5.41) is 3.60. The standard InChI is InChI=1S/C18H29N3/c1-15(2)21-10-8-20(9-11-21)14-17-5-3-4-16(12-17)13-19-18-6-7-18/h3-5,12,15,18-19H,6-11,13-14H2,1-2H3. The summed E-state index contributed by atoms with van der Waals surface area (Å²) in [7, 11) is 0. The van der Waals surface area contributed by atoms with Gasteiger partial charge in [0.05, 0.1) is 0 Å². The second kappa shape index (κ2) is 6.91. The Morgan fingerprint density at radius 2 is 1.81 bits per heavy atom. The minimum absolute atomic E-state index is 0.684. The molecule has 0 bridgehead atoms. The minimum Gasteiger partial charge on any atom is -0.310 e. The van der Waals surface area contributed by atoms with Crippen LogP contribution in [0.4, 0.5) is 0 Å². The van der Waals surface area contributed by atoms with Crippen molar-refractivity contribution in [1.82, 2.24) is 15.1 Å². The van der Waals surface area contributed by atoms with Crippen LogP contribution in [0.5, 0.6) is 0 Å². The highest BCUT2D eigenvalue weighted by Gasteiger charge is 2.20. The average Bonchev–Trinajstić information content (AvgIpc) is 3.30. The number of nitrogens with one attached hydrogen (secondary N) is 1. The summed E-state index contributed by atoms with van der Waals surface area (Å²) in [5.74, 6) is 0. The van der Waals surface area contributed by atoms with Gasteiger partial charge in [0.25, 0.3) is 0 Å². The monoisotopic (exact) mass is 287 g/mol. The molecule has 1 saturated heterocycles. The van der Waals surface area contributed by atoms with Crippen LogP contribution in [0.15, 0.2) is 24.3 Å². The predicted octanol–water partition coefficient (Wildman–Crippen LogP) is 2.46. The third kappa shape index (κ3) is 4.53. The molecule has 1 saturated carbocycles. The number of nitrogens with zero attached hydrogens (tertiary/aromatic N) is 2. The Hall–Kier alpha value is -0.900. The van der Waals surface area contributed by atoms with Crippen LogP contribution in [0.3, 0.4) is 0 Å². The summed E-state index contributed by atoms with van der Waals surface area (Å²) < 4.78 is 0. The molecule has 0 radical (unpaired) electrons. The summed E-state index contributed by atoms with van der Waals surface area (Å²) in [6.07, 6.45) is 2.72. The van der Waals surface area contributed by atoms with Crippen molar-refractivity contribution in [2.75, 3.05) is 26.2 Å². The van der Waals surface area contributed by atoms with Crippen molar-refractivity contribution in [1.29, 1.82) is 0 Å². The maximum absolute atomic E-state index is 3.60. The lowest BCUT2D eigenvalue weighted by Gasteiger charge is -2.37. The van der Waals surface area contributed by atoms with Crippen molar-refractivity contribution in [3.05, 3.63) is 35.4 Å². The van der Waals surface area contributed by atoms with Gasteiger partial charge in [-0.15, -0.1) is 0 Å². The molecule has 1 aliphatic carbocycles. The fourth-order valence-electron chi connectivity index (χ4n) is 3.08. The first-order valence-electron chi connectivity index (χ1n) is 8.48. The molecule has 3 rings (SSSR count). The Labute approximate surface area is 129 Å². The third-order valence-corrected chi connectivity index (χ3v) is 4.71. The van der Waals surface area contributed by atoms with Crippen molar-refractivity contribution in [3.8, 4) is 0 Å². The van der Waals surface area contributed by atoms with Gasteiger partial charge in [-0.25, -0.2) is 0 Å². The van der Waals surface area contributed by atoms with Crippen LogP contribution in [0, 0.1) is 0 Å². The molecule has 3 heteroatoms. The Bertz CT molecular complexity index is 446. The molecule has 0 unspecified atom stereocenters. The van der Waals surface area contributed by atoms with E-state index in [1.165, 1.54) is 50.1 Å². The van der Waals surface area contributed by atoms with E-state index in [-0.39, 0.29) is 0 Å². The highest BCUT2D eigenvalue weighted by atomic mass is 15.3. The van der Waals surface area contributed by atoms with Gasteiger partial charge < -0.3 is 5.32 Å². The Morgan fingerprint density at radius 1 is 1.10 bits per heavy atom. The topological polar surface area (TPSA) is 18.5 Å². The van der Waals surface area contributed by atoms with Gasteiger partial charge in [0.1, 0.15) is 0 Å². The molecule has 3 nitrogen and oxygen atoms in total. The summed E-state index contributed by atoms with van der Waals surface area (Å²) in [6, 6.07) is 10.6. The molecular formula is C18H29N3. The molecular weight excluding hydrogens is 258 g/mol. The van der Waals surface area contributed by atoms with Crippen molar-refractivity contribution in [3.63, 3.8) is 0 Å². The maximum atomic E-state index is 3.60. The molecule has 0 spiro atoms. The lowest BCUT2D eigenvalue weighted by Crippen LogP contribution is -2.48. The quantitative estimate of drug-likeness (QED) is 0.867. The van der Waals surface area contributed by atoms with Crippen LogP contribution < -0.4 is 5.32 Å². The first kappa shape index (κ1) is 15.0. The zero-order valence-corrected chi connectivity index (χ0v) is 13.5. The van der Waals surface area contributed by atoms with Crippen molar-refractivity contribution in [2.24, 2.45) is 0 Å². The van der Waals surface area contributed by atoms with Gasteiger partial charge in [0.2, 0.25) is 0 Å². The molecule has 1 heterocycles. The van der Waals surface area contributed by atoms with E-state index in [9.17, 15) is 0 Å². The van der Waals surface area contributed by atoms with E-state index in [0.29, 0.717) is 6.04 Å². The number of hydrogen-bond donors (Lipinski definition) is 1. The van der Waals surface area contributed by atoms with E-state index in [1.807, 2.05) is 0 Å². The van der Waals surface area contributed by atoms with Gasteiger partial charge in [-0.1, -0.05) is 24.3 Å². The van der Waals surface area contributed by atoms with Gasteiger partial charge in [0.15, 0.2) is 0 Å². The molecule has 0 aromatic heterocycles. The minimum atomic E-state index is 0.684. The maximum Gasteiger partial charge on any atom is 0.0234 e. The van der Waals surface area contributed by atoms with E-state index in [2.05, 4.69) is 53.2 Å². The Kier molecular flexibility index (Phi) is 4.94. The van der Waals surface area contributed by atoms with Crippen LogP contribution in [0.1, 0.15) is 37.8 Å². The van der Waals surface area contributed by atoms with Crippen molar-refractivity contribution >= 4 is 0 Å². The van der Waals surface area contributed by atoms with Gasteiger partial charge in [-0.3, -0.25) is 9.80 Å². The normalized spacial score (nSPS) is 21.1. The number of benzene rings is 1. The summed E-state index contributed by atoms with van der Waals surface area (Å²) in [4.78, 5) is 5.17. The lowest BCUT2D eigenvalue weighted by atomic mass is 10.1. The van der Waals surface area contributed by atoms with E-state index in [4.69, 9.17) is 0 Å². The predicted molar refractivity (Wildman–Crippen MR) is 88.3 cm³/mol. The van der Waals surface area contributed by atoms with E-state index in [1.54, 1.807) is 0 Å². The van der Waals surface area contributed by atoms with Gasteiger partial charge in [0, 0.05) is 51.4 Å². The Morgan fingerprint density at radius 3 is 2.48 bits per heavy atom. The third-order valence-electron chi connectivity index (χ3n) is 4.71. The SMILES string of the molecule is CC(C)N1CCN(Cc2cccc(CNC3CC3)c2)CC1. The van der Waals surface area contributed by atoms with E-state index in [0.717, 1.165) is 19.1 Å². The van der Waals surface area contributed by atoms with Crippen LogP contribution in [0.2, 0.25) is 0 Å². The Balaban J connectivity index is 1.49. The highest BCUT2D eigenvalue weighted by molar-refractivity contribution is 5.23. The molecule has 1 aromatic rings. The number of rotatable bonds is 6. The largest absolute Gasteiger partial charge is 0.310 e. The average molecular weight is 287 g/mol. The molecule has 1 aliphatic heterocycles. The van der Waals surface area contributed by atoms with E-state index < -0.39 is 0 Å². The molecule has 21 heavy (non-hydrogen) atoms. The fraction of sp³-hybridized carbons (Fsp3) is 0.667. The molecule has 116 valence electrons. The summed E-state index contributed by atoms with van der Waals surface area (Å²) in [6.45, 7) is 11.5. The van der Waals surface area contributed by atoms with Crippen LogP contribution >= 0.6 is 0 Å². The lowest BCUT2D eigenvalue weighted by molar-refractivity contribution is 0.104. The van der Waals surface area contributed by atoms with Crippen LogP contribution in [0.25, 0.3) is 0 Å². The molecule has 1 N–H and O–H groups in total. The summed E-state index contributed by atoms with van der Waals surface area (Å²) in [5.41, 5.74) is 2.89. The van der Waals surface area contributed by atoms with Gasteiger partial charge in [-0.05, 0) is 37.8 Å². The summed E-state index contributed by atoms with van der Waals surface area (Å²) >= 11 is 0. The molecule has 0 atom stereocenters. The van der Waals surface area contributed by atoms with Gasteiger partial charge >= 0.3 is 0 Å². The molecule has 2 fully saturated rings. The second-order valence-electron chi connectivity index (χ2n) is 6.88.